The van der Waals surface area contributed by atoms with Gasteiger partial charge in [0.1, 0.15) is 17.2 Å². The molecule has 0 saturated carbocycles. The summed E-state index contributed by atoms with van der Waals surface area (Å²) in [5, 5.41) is 9.60. The van der Waals surface area contributed by atoms with Crippen molar-refractivity contribution < 1.29 is 13.9 Å². The number of alkyl halides is 1. The van der Waals surface area contributed by atoms with Crippen molar-refractivity contribution in [3.05, 3.63) is 41.2 Å². The van der Waals surface area contributed by atoms with E-state index in [-0.39, 0.29) is 17.9 Å². The zero-order valence-corrected chi connectivity index (χ0v) is 9.67. The molecule has 1 N–H and O–H groups in total. The standard InChI is InChI=1S/C13H13F2NO/c1-13(2,15)8-6-10(16-7-8)12-9(14)4-3-5-11(12)17/h3-6,17H,7H2,1-2H3. The van der Waals surface area contributed by atoms with E-state index < -0.39 is 11.5 Å². The lowest BCUT2D eigenvalue weighted by Gasteiger charge is -2.14. The molecule has 17 heavy (non-hydrogen) atoms. The molecule has 0 radical (unpaired) electrons. The Bertz CT molecular complexity index is 492. The second kappa shape index (κ2) is 3.95. The van der Waals surface area contributed by atoms with Gasteiger partial charge in [0.25, 0.3) is 0 Å². The van der Waals surface area contributed by atoms with Crippen LogP contribution in [-0.2, 0) is 0 Å². The molecule has 1 aromatic carbocycles. The van der Waals surface area contributed by atoms with Gasteiger partial charge in [0.15, 0.2) is 0 Å². The van der Waals surface area contributed by atoms with Crippen LogP contribution in [0.25, 0.3) is 0 Å². The summed E-state index contributed by atoms with van der Waals surface area (Å²) in [6.45, 7) is 3.06. The highest BCUT2D eigenvalue weighted by atomic mass is 19.1. The van der Waals surface area contributed by atoms with Crippen molar-refractivity contribution in [3.8, 4) is 5.75 Å². The average molecular weight is 237 g/mol. The minimum Gasteiger partial charge on any atom is -0.507 e. The number of hydrogen-bond acceptors (Lipinski definition) is 2. The summed E-state index contributed by atoms with van der Waals surface area (Å²) in [6, 6.07) is 4.03. The van der Waals surface area contributed by atoms with Gasteiger partial charge in [-0.15, -0.1) is 0 Å². The van der Waals surface area contributed by atoms with E-state index in [0.717, 1.165) is 0 Å². The molecule has 2 nitrogen and oxygen atoms in total. The van der Waals surface area contributed by atoms with Crippen molar-refractivity contribution in [2.24, 2.45) is 4.99 Å². The molecule has 1 aliphatic heterocycles. The molecule has 1 heterocycles. The summed E-state index contributed by atoms with van der Waals surface area (Å²) in [6.07, 6.45) is 1.50. The van der Waals surface area contributed by atoms with Crippen molar-refractivity contribution in [2.75, 3.05) is 6.54 Å². The van der Waals surface area contributed by atoms with Gasteiger partial charge in [-0.05, 0) is 37.6 Å². The first-order valence-corrected chi connectivity index (χ1v) is 5.32. The number of phenols is 1. The van der Waals surface area contributed by atoms with Crippen molar-refractivity contribution in [1.29, 1.82) is 0 Å². The highest BCUT2D eigenvalue weighted by Crippen LogP contribution is 2.29. The molecule has 0 aliphatic carbocycles. The second-order valence-electron chi connectivity index (χ2n) is 4.48. The fraction of sp³-hybridized carbons (Fsp3) is 0.308. The monoisotopic (exact) mass is 237 g/mol. The van der Waals surface area contributed by atoms with Gasteiger partial charge in [0, 0.05) is 0 Å². The van der Waals surface area contributed by atoms with E-state index in [0.29, 0.717) is 11.3 Å². The first-order valence-electron chi connectivity index (χ1n) is 5.32. The van der Waals surface area contributed by atoms with Crippen LogP contribution < -0.4 is 0 Å². The van der Waals surface area contributed by atoms with Gasteiger partial charge in [-0.1, -0.05) is 6.07 Å². The third-order valence-corrected chi connectivity index (χ3v) is 2.74. The van der Waals surface area contributed by atoms with E-state index in [1.807, 2.05) is 0 Å². The number of hydrogen-bond donors (Lipinski definition) is 1. The molecule has 0 fully saturated rings. The van der Waals surface area contributed by atoms with Crippen molar-refractivity contribution in [3.63, 3.8) is 0 Å². The number of aromatic hydroxyl groups is 1. The summed E-state index contributed by atoms with van der Waals surface area (Å²) < 4.78 is 27.2. The third-order valence-electron chi connectivity index (χ3n) is 2.74. The van der Waals surface area contributed by atoms with E-state index in [9.17, 15) is 13.9 Å². The molecule has 0 saturated heterocycles. The molecule has 0 aromatic heterocycles. The Morgan fingerprint density at radius 1 is 1.35 bits per heavy atom. The maximum Gasteiger partial charge on any atom is 0.136 e. The molecule has 0 atom stereocenters. The van der Waals surface area contributed by atoms with Gasteiger partial charge in [0.2, 0.25) is 0 Å². The predicted octanol–water partition coefficient (Wildman–Crippen LogP) is 3.01. The summed E-state index contributed by atoms with van der Waals surface area (Å²) in [4.78, 5) is 4.06. The minimum atomic E-state index is -1.48. The topological polar surface area (TPSA) is 32.6 Å². The molecule has 1 aliphatic rings. The number of nitrogens with zero attached hydrogens (tertiary/aromatic N) is 1. The highest BCUT2D eigenvalue weighted by Gasteiger charge is 2.27. The van der Waals surface area contributed by atoms with Crippen LogP contribution in [0.15, 0.2) is 34.8 Å². The van der Waals surface area contributed by atoms with Gasteiger partial charge in [-0.3, -0.25) is 4.99 Å². The second-order valence-corrected chi connectivity index (χ2v) is 4.48. The largest absolute Gasteiger partial charge is 0.507 e. The maximum absolute atomic E-state index is 13.7. The Balaban J connectivity index is 2.41. The van der Waals surface area contributed by atoms with E-state index in [2.05, 4.69) is 4.99 Å². The summed E-state index contributed by atoms with van der Waals surface area (Å²) in [5.41, 5.74) is -0.671. The molecule has 0 spiro atoms. The molecule has 0 unspecified atom stereocenters. The molecular formula is C13H13F2NO. The molecule has 1 aromatic rings. The highest BCUT2D eigenvalue weighted by molar-refractivity contribution is 6.12. The Morgan fingerprint density at radius 3 is 2.59 bits per heavy atom. The smallest absolute Gasteiger partial charge is 0.136 e. The van der Waals surface area contributed by atoms with Crippen molar-refractivity contribution in [2.45, 2.75) is 19.5 Å². The van der Waals surface area contributed by atoms with E-state index in [1.54, 1.807) is 0 Å². The van der Waals surface area contributed by atoms with Crippen LogP contribution in [0.5, 0.6) is 5.75 Å². The molecule has 0 bridgehead atoms. The number of halogens is 2. The Morgan fingerprint density at radius 2 is 2.06 bits per heavy atom. The molecular weight excluding hydrogens is 224 g/mol. The molecule has 4 heteroatoms. The number of allylic oxidation sites excluding steroid dienone is 1. The first-order chi connectivity index (χ1) is 7.89. The van der Waals surface area contributed by atoms with Gasteiger partial charge in [0.05, 0.1) is 17.8 Å². The first kappa shape index (κ1) is 11.8. The van der Waals surface area contributed by atoms with Crippen LogP contribution in [-0.4, -0.2) is 23.0 Å². The van der Waals surface area contributed by atoms with E-state index >= 15 is 0 Å². The van der Waals surface area contributed by atoms with E-state index in [4.69, 9.17) is 0 Å². The fourth-order valence-electron chi connectivity index (χ4n) is 1.70. The number of rotatable bonds is 2. The van der Waals surface area contributed by atoms with E-state index in [1.165, 1.54) is 38.1 Å². The van der Waals surface area contributed by atoms with Gasteiger partial charge >= 0.3 is 0 Å². The SMILES string of the molecule is CC(C)(F)C1=CC(c2c(O)cccc2F)=NC1. The quantitative estimate of drug-likeness (QED) is 0.842. The number of benzene rings is 1. The average Bonchev–Trinajstić information content (AvgIpc) is 2.65. The molecule has 0 amide bonds. The Labute approximate surface area is 98.3 Å². The van der Waals surface area contributed by atoms with Gasteiger partial charge in [-0.25, -0.2) is 8.78 Å². The van der Waals surface area contributed by atoms with Gasteiger partial charge < -0.3 is 5.11 Å². The number of phenolic OH excluding ortho intramolecular Hbond substituents is 1. The fourth-order valence-corrected chi connectivity index (χ4v) is 1.70. The van der Waals surface area contributed by atoms with Crippen LogP contribution in [0.4, 0.5) is 8.78 Å². The molecule has 90 valence electrons. The summed E-state index contributed by atoms with van der Waals surface area (Å²) in [5.74, 6) is -0.740. The molecule has 2 rings (SSSR count). The number of aliphatic imine (C=N–C) groups is 1. The van der Waals surface area contributed by atoms with Crippen molar-refractivity contribution >= 4 is 5.71 Å². The van der Waals surface area contributed by atoms with Crippen LogP contribution in [0, 0.1) is 5.82 Å². The van der Waals surface area contributed by atoms with Crippen molar-refractivity contribution in [1.82, 2.24) is 0 Å². The lowest BCUT2D eigenvalue weighted by Crippen LogP contribution is -2.16. The zero-order chi connectivity index (χ0) is 12.6. The lowest BCUT2D eigenvalue weighted by molar-refractivity contribution is 0.267. The lowest BCUT2D eigenvalue weighted by atomic mass is 9.99. The maximum atomic E-state index is 13.7. The summed E-state index contributed by atoms with van der Waals surface area (Å²) >= 11 is 0. The summed E-state index contributed by atoms with van der Waals surface area (Å²) in [7, 11) is 0. The van der Waals surface area contributed by atoms with Crippen LogP contribution in [0.2, 0.25) is 0 Å². The van der Waals surface area contributed by atoms with Crippen LogP contribution in [0.1, 0.15) is 19.4 Å². The van der Waals surface area contributed by atoms with Crippen LogP contribution in [0.3, 0.4) is 0 Å². The van der Waals surface area contributed by atoms with Gasteiger partial charge in [-0.2, -0.15) is 0 Å². The Hall–Kier alpha value is -1.71. The minimum absolute atomic E-state index is 0.0340. The third kappa shape index (κ3) is 2.20. The normalized spacial score (nSPS) is 15.8. The predicted molar refractivity (Wildman–Crippen MR) is 62.7 cm³/mol. The zero-order valence-electron chi connectivity index (χ0n) is 9.67. The Kier molecular flexibility index (Phi) is 2.73. The van der Waals surface area contributed by atoms with Crippen LogP contribution >= 0.6 is 0 Å².